The third kappa shape index (κ3) is 4.08. The number of hydrogen-bond donors (Lipinski definition) is 0. The lowest BCUT2D eigenvalue weighted by Crippen LogP contribution is -2.36. The first-order chi connectivity index (χ1) is 5.95. The quantitative estimate of drug-likeness (QED) is 0.623. The maximum atomic E-state index is 14.1. The topological polar surface area (TPSA) is 9.23 Å². The normalized spacial score (nSPS) is 18.7. The van der Waals surface area contributed by atoms with Crippen molar-refractivity contribution in [1.29, 1.82) is 0 Å². The van der Waals surface area contributed by atoms with Gasteiger partial charge >= 0.3 is 0 Å². The Balaban J connectivity index is 4.32. The second-order valence-electron chi connectivity index (χ2n) is 4.33. The lowest BCUT2D eigenvalue weighted by molar-refractivity contribution is 0.00506. The molecule has 2 atom stereocenters. The molecule has 0 aliphatic heterocycles. The number of halogens is 1. The highest BCUT2D eigenvalue weighted by molar-refractivity contribution is 4.84. The summed E-state index contributed by atoms with van der Waals surface area (Å²) in [6, 6.07) is 0. The van der Waals surface area contributed by atoms with Gasteiger partial charge in [-0.25, -0.2) is 4.39 Å². The third-order valence-corrected chi connectivity index (χ3v) is 2.66. The molecule has 2 unspecified atom stereocenters. The molecule has 13 heavy (non-hydrogen) atoms. The summed E-state index contributed by atoms with van der Waals surface area (Å²) in [6.07, 6.45) is 1.51. The molecule has 0 saturated heterocycles. The smallest absolute Gasteiger partial charge is 0.113 e. The van der Waals surface area contributed by atoms with Gasteiger partial charge in [-0.15, -0.1) is 0 Å². The van der Waals surface area contributed by atoms with Gasteiger partial charge < -0.3 is 4.74 Å². The number of hydrogen-bond acceptors (Lipinski definition) is 1. The predicted molar refractivity (Wildman–Crippen MR) is 54.6 cm³/mol. The van der Waals surface area contributed by atoms with Crippen LogP contribution < -0.4 is 0 Å². The molecule has 0 aliphatic rings. The van der Waals surface area contributed by atoms with Crippen molar-refractivity contribution in [3.05, 3.63) is 0 Å². The molecular formula is C11H23FO. The van der Waals surface area contributed by atoms with Gasteiger partial charge in [0, 0.05) is 13.0 Å². The summed E-state index contributed by atoms with van der Waals surface area (Å²) in [4.78, 5) is 0. The molecule has 0 fully saturated rings. The monoisotopic (exact) mass is 190 g/mol. The largest absolute Gasteiger partial charge is 0.384 e. The molecule has 0 aliphatic carbocycles. The van der Waals surface area contributed by atoms with Gasteiger partial charge in [0.05, 0.1) is 6.61 Å². The predicted octanol–water partition coefficient (Wildman–Crippen LogP) is 3.43. The number of alkyl halides is 1. The van der Waals surface area contributed by atoms with Crippen LogP contribution in [0, 0.1) is 11.8 Å². The van der Waals surface area contributed by atoms with Crippen LogP contribution in [0.5, 0.6) is 0 Å². The van der Waals surface area contributed by atoms with E-state index in [-0.39, 0.29) is 5.92 Å². The van der Waals surface area contributed by atoms with Crippen LogP contribution in [0.3, 0.4) is 0 Å². The zero-order valence-electron chi connectivity index (χ0n) is 9.56. The molecule has 0 aromatic rings. The second kappa shape index (κ2) is 5.58. The highest BCUT2D eigenvalue weighted by Crippen LogP contribution is 2.32. The summed E-state index contributed by atoms with van der Waals surface area (Å²) in [6.45, 7) is 8.33. The van der Waals surface area contributed by atoms with Gasteiger partial charge in [-0.2, -0.15) is 0 Å². The number of rotatable bonds is 6. The fourth-order valence-corrected chi connectivity index (χ4v) is 1.92. The van der Waals surface area contributed by atoms with Gasteiger partial charge in [-0.05, 0) is 19.3 Å². The zero-order chi connectivity index (χ0) is 10.5. The van der Waals surface area contributed by atoms with E-state index in [4.69, 9.17) is 4.74 Å². The molecule has 0 spiro atoms. The van der Waals surface area contributed by atoms with Crippen LogP contribution in [-0.4, -0.2) is 19.4 Å². The Morgan fingerprint density at radius 2 is 1.92 bits per heavy atom. The minimum atomic E-state index is -1.08. The summed E-state index contributed by atoms with van der Waals surface area (Å²) >= 11 is 0. The van der Waals surface area contributed by atoms with Crippen LogP contribution in [0.4, 0.5) is 4.39 Å². The minimum absolute atomic E-state index is 0.0115. The molecule has 0 rings (SSSR count). The molecule has 0 aromatic heterocycles. The molecule has 2 heteroatoms. The van der Waals surface area contributed by atoms with Crippen molar-refractivity contribution in [2.24, 2.45) is 11.8 Å². The van der Waals surface area contributed by atoms with E-state index < -0.39 is 5.67 Å². The van der Waals surface area contributed by atoms with E-state index in [1.54, 1.807) is 14.0 Å². The molecule has 0 radical (unpaired) electrons. The Morgan fingerprint density at radius 1 is 1.38 bits per heavy atom. The van der Waals surface area contributed by atoms with Crippen molar-refractivity contribution in [1.82, 2.24) is 0 Å². The molecule has 0 N–H and O–H groups in total. The minimum Gasteiger partial charge on any atom is -0.384 e. The van der Waals surface area contributed by atoms with Crippen molar-refractivity contribution < 1.29 is 9.13 Å². The summed E-state index contributed by atoms with van der Waals surface area (Å²) < 4.78 is 19.2. The lowest BCUT2D eigenvalue weighted by Gasteiger charge is -2.32. The van der Waals surface area contributed by atoms with E-state index in [0.717, 1.165) is 6.42 Å². The Morgan fingerprint density at radius 3 is 2.23 bits per heavy atom. The Labute approximate surface area is 81.7 Å². The van der Waals surface area contributed by atoms with E-state index in [0.29, 0.717) is 18.9 Å². The molecular weight excluding hydrogens is 167 g/mol. The fraction of sp³-hybridized carbons (Fsp3) is 1.00. The van der Waals surface area contributed by atoms with Gasteiger partial charge in [0.15, 0.2) is 0 Å². The highest BCUT2D eigenvalue weighted by atomic mass is 19.1. The van der Waals surface area contributed by atoms with E-state index in [2.05, 4.69) is 13.8 Å². The van der Waals surface area contributed by atoms with Crippen molar-refractivity contribution in [3.63, 3.8) is 0 Å². The number of methoxy groups -OCH3 is 1. The van der Waals surface area contributed by atoms with Gasteiger partial charge in [0.25, 0.3) is 0 Å². The van der Waals surface area contributed by atoms with Gasteiger partial charge in [-0.3, -0.25) is 0 Å². The summed E-state index contributed by atoms with van der Waals surface area (Å²) in [5, 5.41) is 0. The standard InChI is InChI=1S/C11H23FO/c1-6-7-11(4,12)10(8-13-5)9(2)3/h9-10H,6-8H2,1-5H3. The van der Waals surface area contributed by atoms with Crippen LogP contribution in [0.15, 0.2) is 0 Å². The first-order valence-corrected chi connectivity index (χ1v) is 5.13. The Bertz CT molecular complexity index is 132. The summed E-state index contributed by atoms with van der Waals surface area (Å²) in [5.74, 6) is 0.346. The van der Waals surface area contributed by atoms with Crippen LogP contribution in [0.1, 0.15) is 40.5 Å². The maximum absolute atomic E-state index is 14.1. The maximum Gasteiger partial charge on any atom is 0.113 e. The molecule has 80 valence electrons. The fourth-order valence-electron chi connectivity index (χ4n) is 1.92. The average molecular weight is 190 g/mol. The van der Waals surface area contributed by atoms with E-state index in [1.807, 2.05) is 6.92 Å². The van der Waals surface area contributed by atoms with Gasteiger partial charge in [0.2, 0.25) is 0 Å². The Kier molecular flexibility index (Phi) is 5.54. The Hall–Kier alpha value is -0.110. The first kappa shape index (κ1) is 12.9. The van der Waals surface area contributed by atoms with Crippen molar-refractivity contribution >= 4 is 0 Å². The molecule has 0 saturated carbocycles. The van der Waals surface area contributed by atoms with Crippen molar-refractivity contribution in [2.75, 3.05) is 13.7 Å². The van der Waals surface area contributed by atoms with Gasteiger partial charge in [0.1, 0.15) is 5.67 Å². The van der Waals surface area contributed by atoms with E-state index >= 15 is 0 Å². The van der Waals surface area contributed by atoms with Crippen LogP contribution in [0.25, 0.3) is 0 Å². The molecule has 1 nitrogen and oxygen atoms in total. The molecule has 0 amide bonds. The van der Waals surface area contributed by atoms with Crippen LogP contribution in [0.2, 0.25) is 0 Å². The third-order valence-electron chi connectivity index (χ3n) is 2.66. The lowest BCUT2D eigenvalue weighted by atomic mass is 9.80. The van der Waals surface area contributed by atoms with Crippen molar-refractivity contribution in [2.45, 2.75) is 46.2 Å². The van der Waals surface area contributed by atoms with Crippen LogP contribution >= 0.6 is 0 Å². The van der Waals surface area contributed by atoms with Crippen LogP contribution in [-0.2, 0) is 4.74 Å². The SMILES string of the molecule is CCCC(C)(F)C(COC)C(C)C. The summed E-state index contributed by atoms with van der Waals surface area (Å²) in [7, 11) is 1.64. The van der Waals surface area contributed by atoms with E-state index in [1.165, 1.54) is 0 Å². The summed E-state index contributed by atoms with van der Waals surface area (Å²) in [5.41, 5.74) is -1.08. The van der Waals surface area contributed by atoms with E-state index in [9.17, 15) is 4.39 Å². The molecule has 0 heterocycles. The first-order valence-electron chi connectivity index (χ1n) is 5.13. The highest BCUT2D eigenvalue weighted by Gasteiger charge is 2.35. The average Bonchev–Trinajstić information content (AvgIpc) is 1.99. The number of ether oxygens (including phenoxy) is 1. The van der Waals surface area contributed by atoms with Crippen molar-refractivity contribution in [3.8, 4) is 0 Å². The molecule has 0 bridgehead atoms. The molecule has 0 aromatic carbocycles. The van der Waals surface area contributed by atoms with Gasteiger partial charge in [-0.1, -0.05) is 27.2 Å². The second-order valence-corrected chi connectivity index (χ2v) is 4.33. The zero-order valence-corrected chi connectivity index (χ0v) is 9.56.